The predicted octanol–water partition coefficient (Wildman–Crippen LogP) is 4.83. The molecule has 7 heteroatoms. The third kappa shape index (κ3) is 6.52. The molecule has 1 aromatic heterocycles. The summed E-state index contributed by atoms with van der Waals surface area (Å²) >= 11 is 1.57. The van der Waals surface area contributed by atoms with Gasteiger partial charge in [0, 0.05) is 36.1 Å². The highest BCUT2D eigenvalue weighted by molar-refractivity contribution is 7.13. The highest BCUT2D eigenvalue weighted by atomic mass is 32.1. The number of anilines is 1. The first-order valence-electron chi connectivity index (χ1n) is 10.8. The molecule has 0 bridgehead atoms. The Hall–Kier alpha value is -1.44. The summed E-state index contributed by atoms with van der Waals surface area (Å²) in [6.07, 6.45) is 7.21. The van der Waals surface area contributed by atoms with Crippen LogP contribution in [0, 0.1) is 5.92 Å². The second-order valence-electron chi connectivity index (χ2n) is 8.80. The minimum absolute atomic E-state index is 0.133. The van der Waals surface area contributed by atoms with Crippen LogP contribution in [-0.2, 0) is 11.3 Å². The molecule has 1 aliphatic heterocycles. The lowest BCUT2D eigenvalue weighted by Crippen LogP contribution is -2.42. The van der Waals surface area contributed by atoms with Gasteiger partial charge in [0.15, 0.2) is 11.3 Å². The highest BCUT2D eigenvalue weighted by Crippen LogP contribution is 2.29. The predicted molar refractivity (Wildman–Crippen MR) is 119 cm³/mol. The number of nitrogens with one attached hydrogen (secondary N) is 1. The lowest BCUT2D eigenvalue weighted by Gasteiger charge is -2.26. The van der Waals surface area contributed by atoms with Crippen LogP contribution >= 0.6 is 11.3 Å². The Balaban J connectivity index is 1.49. The van der Waals surface area contributed by atoms with Crippen molar-refractivity contribution in [2.75, 3.05) is 25.0 Å². The molecule has 0 amide bonds. The summed E-state index contributed by atoms with van der Waals surface area (Å²) in [7, 11) is 0. The van der Waals surface area contributed by atoms with E-state index in [2.05, 4.69) is 41.4 Å². The third-order valence-electron chi connectivity index (χ3n) is 5.70. The van der Waals surface area contributed by atoms with Crippen LogP contribution in [0.5, 0.6) is 0 Å². The largest absolute Gasteiger partial charge is 0.495 e. The van der Waals surface area contributed by atoms with E-state index < -0.39 is 6.17 Å². The Bertz CT molecular complexity index is 725. The van der Waals surface area contributed by atoms with Gasteiger partial charge in [-0.2, -0.15) is 0 Å². The summed E-state index contributed by atoms with van der Waals surface area (Å²) in [5, 5.41) is 6.17. The summed E-state index contributed by atoms with van der Waals surface area (Å²) in [6.45, 7) is 9.87. The molecule has 5 nitrogen and oxygen atoms in total. The Morgan fingerprint density at radius 1 is 1.38 bits per heavy atom. The van der Waals surface area contributed by atoms with E-state index in [1.54, 1.807) is 17.4 Å². The third-order valence-corrected chi connectivity index (χ3v) is 6.51. The molecule has 162 valence electrons. The van der Waals surface area contributed by atoms with E-state index in [0.717, 1.165) is 61.8 Å². The summed E-state index contributed by atoms with van der Waals surface area (Å²) < 4.78 is 20.0. The number of hydrogen-bond donors (Lipinski definition) is 2. The van der Waals surface area contributed by atoms with Gasteiger partial charge < -0.3 is 15.8 Å². The first kappa shape index (κ1) is 22.2. The van der Waals surface area contributed by atoms with E-state index in [0.29, 0.717) is 24.7 Å². The standard InChI is InChI=1S/C22H35FN4OS/c1-4-5-6-11-28-20-8-7-17(12-19(20)23)25-21-26-18(15-29-21)14-27-10-9-16(13-27)22(2,3)24/h7-8,15-16,19H,4-6,9-14,24H2,1-3H3,(H,25,26). The van der Waals surface area contributed by atoms with Gasteiger partial charge in [0.2, 0.25) is 0 Å². The van der Waals surface area contributed by atoms with Gasteiger partial charge >= 0.3 is 0 Å². The van der Waals surface area contributed by atoms with Crippen molar-refractivity contribution in [2.24, 2.45) is 11.7 Å². The number of rotatable bonds is 10. The second-order valence-corrected chi connectivity index (χ2v) is 9.66. The second kappa shape index (κ2) is 10.0. The summed E-state index contributed by atoms with van der Waals surface area (Å²) in [5.41, 5.74) is 8.02. The van der Waals surface area contributed by atoms with Gasteiger partial charge in [0.05, 0.1) is 12.3 Å². The Kier molecular flexibility index (Phi) is 7.71. The number of allylic oxidation sites excluding steroid dienone is 4. The first-order valence-corrected chi connectivity index (χ1v) is 11.6. The average Bonchev–Trinajstić information content (AvgIpc) is 3.30. The van der Waals surface area contributed by atoms with Crippen LogP contribution in [0.15, 0.2) is 29.0 Å². The summed E-state index contributed by atoms with van der Waals surface area (Å²) in [5.74, 6) is 0.968. The van der Waals surface area contributed by atoms with Gasteiger partial charge in [-0.15, -0.1) is 11.3 Å². The minimum Gasteiger partial charge on any atom is -0.495 e. The van der Waals surface area contributed by atoms with E-state index in [-0.39, 0.29) is 5.54 Å². The molecular formula is C22H35FN4OS. The topological polar surface area (TPSA) is 63.4 Å². The van der Waals surface area contributed by atoms with Gasteiger partial charge in [0.1, 0.15) is 5.76 Å². The van der Waals surface area contributed by atoms with Gasteiger partial charge in [0.25, 0.3) is 0 Å². The molecule has 3 N–H and O–H groups in total. The van der Waals surface area contributed by atoms with Crippen molar-refractivity contribution in [1.29, 1.82) is 0 Å². The Morgan fingerprint density at radius 2 is 2.21 bits per heavy atom. The molecule has 0 radical (unpaired) electrons. The van der Waals surface area contributed by atoms with Crippen LogP contribution in [0.4, 0.5) is 9.52 Å². The molecule has 29 heavy (non-hydrogen) atoms. The molecule has 1 aromatic rings. The van der Waals surface area contributed by atoms with Gasteiger partial charge in [-0.05, 0) is 51.3 Å². The molecule has 2 unspecified atom stereocenters. The number of hydrogen-bond acceptors (Lipinski definition) is 6. The first-order chi connectivity index (χ1) is 13.8. The van der Waals surface area contributed by atoms with Crippen molar-refractivity contribution < 1.29 is 9.13 Å². The lowest BCUT2D eigenvalue weighted by molar-refractivity contribution is 0.149. The monoisotopic (exact) mass is 422 g/mol. The molecule has 0 aromatic carbocycles. The van der Waals surface area contributed by atoms with Crippen LogP contribution < -0.4 is 11.1 Å². The van der Waals surface area contributed by atoms with Crippen LogP contribution in [0.3, 0.4) is 0 Å². The van der Waals surface area contributed by atoms with Crippen LogP contribution in [0.2, 0.25) is 0 Å². The van der Waals surface area contributed by atoms with Crippen molar-refractivity contribution in [1.82, 2.24) is 9.88 Å². The molecule has 1 fully saturated rings. The number of aromatic nitrogens is 1. The maximum atomic E-state index is 14.4. The Labute approximate surface area is 178 Å². The maximum absolute atomic E-state index is 14.4. The van der Waals surface area contributed by atoms with E-state index in [1.165, 1.54) is 0 Å². The van der Waals surface area contributed by atoms with Crippen LogP contribution in [0.1, 0.15) is 58.6 Å². The number of unbranched alkanes of at least 4 members (excludes halogenated alkanes) is 2. The lowest BCUT2D eigenvalue weighted by atomic mass is 9.88. The van der Waals surface area contributed by atoms with Crippen molar-refractivity contribution in [3.8, 4) is 0 Å². The van der Waals surface area contributed by atoms with E-state index in [4.69, 9.17) is 10.5 Å². The van der Waals surface area contributed by atoms with Gasteiger partial charge in [-0.1, -0.05) is 19.8 Å². The molecule has 1 aliphatic carbocycles. The van der Waals surface area contributed by atoms with Gasteiger partial charge in [-0.3, -0.25) is 4.90 Å². The minimum atomic E-state index is -1.09. The van der Waals surface area contributed by atoms with Gasteiger partial charge in [-0.25, -0.2) is 9.37 Å². The number of nitrogens with two attached hydrogens (primary N) is 1. The van der Waals surface area contributed by atoms with Crippen molar-refractivity contribution in [2.45, 2.75) is 71.1 Å². The molecule has 2 atom stereocenters. The summed E-state index contributed by atoms with van der Waals surface area (Å²) in [4.78, 5) is 7.11. The fourth-order valence-corrected chi connectivity index (χ4v) is 4.54. The number of ether oxygens (including phenoxy) is 1. The smallest absolute Gasteiger partial charge is 0.187 e. The highest BCUT2D eigenvalue weighted by Gasteiger charge is 2.32. The zero-order chi connectivity index (χ0) is 20.9. The normalized spacial score (nSPS) is 23.1. The molecule has 1 saturated heterocycles. The number of thiazole rings is 1. The maximum Gasteiger partial charge on any atom is 0.187 e. The van der Waals surface area contributed by atoms with Crippen molar-refractivity contribution in [3.63, 3.8) is 0 Å². The van der Waals surface area contributed by atoms with E-state index in [9.17, 15) is 4.39 Å². The van der Waals surface area contributed by atoms with Crippen molar-refractivity contribution in [3.05, 3.63) is 34.7 Å². The van der Waals surface area contributed by atoms with Crippen molar-refractivity contribution >= 4 is 16.5 Å². The number of halogens is 1. The fraction of sp³-hybridized carbons (Fsp3) is 0.682. The number of nitrogens with zero attached hydrogens (tertiary/aromatic N) is 2. The SMILES string of the molecule is CCCCCOC1=CC=C(Nc2nc(CN3CCC(C(C)(C)N)C3)cs2)CC1F. The molecule has 3 rings (SSSR count). The van der Waals surface area contributed by atoms with Crippen LogP contribution in [-0.4, -0.2) is 41.3 Å². The van der Waals surface area contributed by atoms with E-state index in [1.807, 2.05) is 6.08 Å². The molecule has 0 saturated carbocycles. The fourth-order valence-electron chi connectivity index (χ4n) is 3.81. The summed E-state index contributed by atoms with van der Waals surface area (Å²) in [6, 6.07) is 0. The molecular weight excluding hydrogens is 387 g/mol. The number of alkyl halides is 1. The zero-order valence-corrected chi connectivity index (χ0v) is 18.7. The molecule has 2 heterocycles. The molecule has 0 spiro atoms. The Morgan fingerprint density at radius 3 is 2.90 bits per heavy atom. The average molecular weight is 423 g/mol. The quantitative estimate of drug-likeness (QED) is 0.529. The number of likely N-dealkylation sites (tertiary alicyclic amines) is 1. The van der Waals surface area contributed by atoms with E-state index >= 15 is 0 Å². The molecule has 2 aliphatic rings. The zero-order valence-electron chi connectivity index (χ0n) is 17.9. The van der Waals surface area contributed by atoms with Crippen LogP contribution in [0.25, 0.3) is 0 Å².